The van der Waals surface area contributed by atoms with Gasteiger partial charge in [0.1, 0.15) is 5.82 Å². The smallest absolute Gasteiger partial charge is 0.123 e. The second-order valence-electron chi connectivity index (χ2n) is 6.83. The van der Waals surface area contributed by atoms with E-state index in [2.05, 4.69) is 4.98 Å². The molecule has 28 heavy (non-hydrogen) atoms. The van der Waals surface area contributed by atoms with Crippen molar-refractivity contribution in [1.29, 1.82) is 0 Å². The van der Waals surface area contributed by atoms with Crippen LogP contribution in [-0.4, -0.2) is 21.1 Å². The van der Waals surface area contributed by atoms with Gasteiger partial charge in [0, 0.05) is 47.7 Å². The molecule has 0 bridgehead atoms. The maximum absolute atomic E-state index is 13.4. The third-order valence-electron chi connectivity index (χ3n) is 5.00. The summed E-state index contributed by atoms with van der Waals surface area (Å²) in [5.74, 6) is -0.243. The summed E-state index contributed by atoms with van der Waals surface area (Å²) in [6.07, 6.45) is 4.29. The summed E-state index contributed by atoms with van der Waals surface area (Å²) in [6.45, 7) is 0.454. The molecular weight excluding hydrogens is 353 g/mol. The van der Waals surface area contributed by atoms with Crippen molar-refractivity contribution in [3.05, 3.63) is 90.1 Å². The van der Waals surface area contributed by atoms with E-state index in [0.717, 1.165) is 28.0 Å². The molecule has 4 N–H and O–H groups in total. The monoisotopic (exact) mass is 375 g/mol. The molecule has 4 rings (SSSR count). The first-order valence-electron chi connectivity index (χ1n) is 9.27. The van der Waals surface area contributed by atoms with Crippen molar-refractivity contribution in [2.45, 2.75) is 18.4 Å². The van der Waals surface area contributed by atoms with Gasteiger partial charge in [0.15, 0.2) is 0 Å². The number of benzene rings is 1. The minimum absolute atomic E-state index is 0.0379. The van der Waals surface area contributed by atoms with Crippen molar-refractivity contribution in [1.82, 2.24) is 14.6 Å². The molecule has 3 heterocycles. The normalized spacial score (nSPS) is 13.5. The molecule has 0 fully saturated rings. The minimum Gasteiger partial charge on any atom is -0.330 e. The van der Waals surface area contributed by atoms with Gasteiger partial charge in [-0.2, -0.15) is 5.10 Å². The van der Waals surface area contributed by atoms with Crippen molar-refractivity contribution in [3.8, 4) is 11.3 Å². The fraction of sp³-hybridized carbons (Fsp3) is 0.182. The van der Waals surface area contributed by atoms with Crippen LogP contribution in [0.3, 0.4) is 0 Å². The molecular formula is C22H22FN5. The van der Waals surface area contributed by atoms with Gasteiger partial charge in [-0.3, -0.25) is 4.98 Å². The second-order valence-corrected chi connectivity index (χ2v) is 6.83. The topological polar surface area (TPSA) is 82.2 Å². The number of rotatable bonds is 6. The number of hydrogen-bond acceptors (Lipinski definition) is 4. The lowest BCUT2D eigenvalue weighted by Gasteiger charge is -2.20. The van der Waals surface area contributed by atoms with E-state index in [1.54, 1.807) is 18.3 Å². The highest BCUT2D eigenvalue weighted by Gasteiger charge is 2.24. The lowest BCUT2D eigenvalue weighted by atomic mass is 9.90. The quantitative estimate of drug-likeness (QED) is 0.539. The predicted octanol–water partition coefficient (Wildman–Crippen LogP) is 3.67. The van der Waals surface area contributed by atoms with Gasteiger partial charge in [-0.15, -0.1) is 0 Å². The third kappa shape index (κ3) is 3.52. The molecule has 0 amide bonds. The SMILES string of the molecule is NCC(CC(N)c1c(-c2ccc(F)cc2)nn2ccccc12)c1ccccn1. The maximum atomic E-state index is 13.4. The van der Waals surface area contributed by atoms with Crippen molar-refractivity contribution >= 4 is 5.52 Å². The molecule has 6 heteroatoms. The zero-order valence-corrected chi connectivity index (χ0v) is 15.4. The lowest BCUT2D eigenvalue weighted by molar-refractivity contribution is 0.542. The molecule has 4 aromatic rings. The second kappa shape index (κ2) is 7.88. The van der Waals surface area contributed by atoms with Crippen LogP contribution < -0.4 is 11.5 Å². The fourth-order valence-electron chi connectivity index (χ4n) is 3.58. The van der Waals surface area contributed by atoms with Gasteiger partial charge in [-0.25, -0.2) is 8.91 Å². The van der Waals surface area contributed by atoms with Crippen LogP contribution in [0.5, 0.6) is 0 Å². The first-order valence-corrected chi connectivity index (χ1v) is 9.27. The van der Waals surface area contributed by atoms with Gasteiger partial charge in [0.05, 0.1) is 11.2 Å². The molecule has 5 nitrogen and oxygen atoms in total. The number of nitrogens with two attached hydrogens (primary N) is 2. The number of pyridine rings is 2. The molecule has 2 unspecified atom stereocenters. The van der Waals surface area contributed by atoms with Crippen LogP contribution in [0.25, 0.3) is 16.8 Å². The lowest BCUT2D eigenvalue weighted by Crippen LogP contribution is -2.21. The molecule has 0 saturated heterocycles. The van der Waals surface area contributed by atoms with Crippen LogP contribution in [0.2, 0.25) is 0 Å². The summed E-state index contributed by atoms with van der Waals surface area (Å²) in [6, 6.07) is 17.7. The average Bonchev–Trinajstić information content (AvgIpc) is 3.12. The van der Waals surface area contributed by atoms with E-state index in [0.29, 0.717) is 13.0 Å². The van der Waals surface area contributed by atoms with Crippen molar-refractivity contribution in [2.75, 3.05) is 6.54 Å². The van der Waals surface area contributed by atoms with Gasteiger partial charge < -0.3 is 11.5 Å². The van der Waals surface area contributed by atoms with E-state index in [-0.39, 0.29) is 17.8 Å². The molecule has 0 spiro atoms. The van der Waals surface area contributed by atoms with Gasteiger partial charge in [-0.1, -0.05) is 12.1 Å². The summed E-state index contributed by atoms with van der Waals surface area (Å²) in [7, 11) is 0. The Balaban J connectivity index is 1.76. The van der Waals surface area contributed by atoms with Gasteiger partial charge in [0.25, 0.3) is 0 Å². The minimum atomic E-state index is -0.296. The van der Waals surface area contributed by atoms with Crippen LogP contribution in [0.15, 0.2) is 73.1 Å². The highest BCUT2D eigenvalue weighted by molar-refractivity contribution is 5.73. The summed E-state index contributed by atoms with van der Waals surface area (Å²) in [4.78, 5) is 4.44. The molecule has 1 aromatic carbocycles. The first-order chi connectivity index (χ1) is 13.7. The van der Waals surface area contributed by atoms with Crippen molar-refractivity contribution in [3.63, 3.8) is 0 Å². The highest BCUT2D eigenvalue weighted by Crippen LogP contribution is 2.34. The number of aromatic nitrogens is 3. The van der Waals surface area contributed by atoms with E-state index in [9.17, 15) is 4.39 Å². The van der Waals surface area contributed by atoms with Crippen LogP contribution in [0.1, 0.15) is 29.6 Å². The third-order valence-corrected chi connectivity index (χ3v) is 5.00. The van der Waals surface area contributed by atoms with Crippen LogP contribution >= 0.6 is 0 Å². The maximum Gasteiger partial charge on any atom is 0.123 e. The molecule has 0 aliphatic carbocycles. The van der Waals surface area contributed by atoms with Gasteiger partial charge in [-0.05, 0) is 55.0 Å². The van der Waals surface area contributed by atoms with Crippen molar-refractivity contribution in [2.24, 2.45) is 11.5 Å². The number of fused-ring (bicyclic) bond motifs is 1. The van der Waals surface area contributed by atoms with Gasteiger partial charge in [0.2, 0.25) is 0 Å². The van der Waals surface area contributed by atoms with Gasteiger partial charge >= 0.3 is 0 Å². The fourth-order valence-corrected chi connectivity index (χ4v) is 3.58. The molecule has 0 aliphatic rings. The number of hydrogen-bond donors (Lipinski definition) is 2. The standard InChI is InChI=1S/C22H22FN5/c23-17-9-7-15(8-10-17)22-21(20-6-2-4-12-28(20)27-22)18(25)13-16(14-24)19-5-1-3-11-26-19/h1-12,16,18H,13-14,24-25H2. The summed E-state index contributed by atoms with van der Waals surface area (Å²) in [5.41, 5.74) is 17.1. The Morgan fingerprint density at radius 3 is 2.50 bits per heavy atom. The Kier molecular flexibility index (Phi) is 5.14. The van der Waals surface area contributed by atoms with E-state index in [1.165, 1.54) is 12.1 Å². The Morgan fingerprint density at radius 2 is 1.79 bits per heavy atom. The van der Waals surface area contributed by atoms with E-state index >= 15 is 0 Å². The number of halogens is 1. The summed E-state index contributed by atoms with van der Waals surface area (Å²) < 4.78 is 15.2. The van der Waals surface area contributed by atoms with Crippen LogP contribution in [0.4, 0.5) is 4.39 Å². The summed E-state index contributed by atoms with van der Waals surface area (Å²) in [5, 5.41) is 4.71. The van der Waals surface area contributed by atoms with E-state index in [1.807, 2.05) is 47.1 Å². The molecule has 2 atom stereocenters. The van der Waals surface area contributed by atoms with Crippen molar-refractivity contribution < 1.29 is 4.39 Å². The molecule has 0 aliphatic heterocycles. The first kappa shape index (κ1) is 18.3. The Bertz CT molecular complexity index is 1060. The number of nitrogens with zero attached hydrogens (tertiary/aromatic N) is 3. The van der Waals surface area contributed by atoms with E-state index in [4.69, 9.17) is 16.6 Å². The Hall–Kier alpha value is -3.09. The van der Waals surface area contributed by atoms with Crippen LogP contribution in [0, 0.1) is 5.82 Å². The average molecular weight is 375 g/mol. The molecule has 142 valence electrons. The zero-order valence-electron chi connectivity index (χ0n) is 15.4. The highest BCUT2D eigenvalue weighted by atomic mass is 19.1. The molecule has 3 aromatic heterocycles. The Labute approximate surface area is 162 Å². The predicted molar refractivity (Wildman–Crippen MR) is 108 cm³/mol. The largest absolute Gasteiger partial charge is 0.330 e. The van der Waals surface area contributed by atoms with Crippen LogP contribution in [-0.2, 0) is 0 Å². The molecule has 0 saturated carbocycles. The molecule has 0 radical (unpaired) electrons. The van der Waals surface area contributed by atoms with E-state index < -0.39 is 0 Å². The zero-order chi connectivity index (χ0) is 19.5. The Morgan fingerprint density at radius 1 is 1.00 bits per heavy atom. The summed E-state index contributed by atoms with van der Waals surface area (Å²) >= 11 is 0.